The van der Waals surface area contributed by atoms with Crippen molar-refractivity contribution in [1.82, 2.24) is 24.7 Å². The number of para-hydroxylation sites is 1. The van der Waals surface area contributed by atoms with E-state index in [9.17, 15) is 4.79 Å². The van der Waals surface area contributed by atoms with Gasteiger partial charge in [-0.2, -0.15) is 0 Å². The predicted octanol–water partition coefficient (Wildman–Crippen LogP) is 4.18. The Morgan fingerprint density at radius 1 is 1.03 bits per heavy atom. The number of rotatable bonds is 7. The molecule has 4 rings (SSSR count). The fraction of sp³-hybridized carbons (Fsp3) is 0.0952. The largest absolute Gasteiger partial charge is 0.324 e. The molecule has 3 aromatic heterocycles. The van der Waals surface area contributed by atoms with Crippen LogP contribution in [0.1, 0.15) is 0 Å². The van der Waals surface area contributed by atoms with Crippen molar-refractivity contribution in [2.45, 2.75) is 10.2 Å². The van der Waals surface area contributed by atoms with Gasteiger partial charge in [-0.3, -0.25) is 14.3 Å². The Hall–Kier alpha value is -3.17. The summed E-state index contributed by atoms with van der Waals surface area (Å²) in [5.74, 6) is 0.737. The van der Waals surface area contributed by atoms with Crippen LogP contribution in [0.4, 0.5) is 5.69 Å². The summed E-state index contributed by atoms with van der Waals surface area (Å²) in [7, 11) is 0. The number of amides is 1. The van der Waals surface area contributed by atoms with Crippen LogP contribution in [0.25, 0.3) is 17.1 Å². The number of carbonyl (C=O) groups excluding carboxylic acids is 1. The van der Waals surface area contributed by atoms with E-state index in [0.717, 1.165) is 16.3 Å². The van der Waals surface area contributed by atoms with Crippen molar-refractivity contribution in [3.8, 4) is 17.1 Å². The number of anilines is 1. The summed E-state index contributed by atoms with van der Waals surface area (Å²) in [6.45, 7) is 0. The molecule has 1 aromatic carbocycles. The van der Waals surface area contributed by atoms with Gasteiger partial charge in [-0.25, -0.2) is 4.98 Å². The second-order valence-electron chi connectivity index (χ2n) is 6.14. The SMILES string of the molecule is CSc1ccc(NC(=O)CSc2nnc(-c3cccnc3)n2-c2ccccc2)cn1. The van der Waals surface area contributed by atoms with Crippen molar-refractivity contribution in [3.05, 3.63) is 73.2 Å². The third-order valence-corrected chi connectivity index (χ3v) is 5.72. The summed E-state index contributed by atoms with van der Waals surface area (Å²) in [5.41, 5.74) is 2.44. The lowest BCUT2D eigenvalue weighted by Crippen LogP contribution is -2.14. The molecule has 3 heterocycles. The molecule has 30 heavy (non-hydrogen) atoms. The number of pyridine rings is 2. The van der Waals surface area contributed by atoms with Crippen LogP contribution < -0.4 is 5.32 Å². The lowest BCUT2D eigenvalue weighted by atomic mass is 10.2. The number of aromatic nitrogens is 5. The Bertz CT molecular complexity index is 1120. The maximum Gasteiger partial charge on any atom is 0.234 e. The molecule has 0 unspecified atom stereocenters. The average Bonchev–Trinajstić information content (AvgIpc) is 3.23. The summed E-state index contributed by atoms with van der Waals surface area (Å²) < 4.78 is 1.93. The number of nitrogens with one attached hydrogen (secondary N) is 1. The molecule has 1 N–H and O–H groups in total. The molecule has 0 radical (unpaired) electrons. The lowest BCUT2D eigenvalue weighted by molar-refractivity contribution is -0.113. The van der Waals surface area contributed by atoms with E-state index in [0.29, 0.717) is 16.7 Å². The van der Waals surface area contributed by atoms with Crippen molar-refractivity contribution in [2.75, 3.05) is 17.3 Å². The van der Waals surface area contributed by atoms with Crippen LogP contribution in [0.3, 0.4) is 0 Å². The van der Waals surface area contributed by atoms with E-state index in [1.54, 1.807) is 30.4 Å². The lowest BCUT2D eigenvalue weighted by Gasteiger charge is -2.10. The second kappa shape index (κ2) is 9.55. The molecule has 0 atom stereocenters. The van der Waals surface area contributed by atoms with Gasteiger partial charge < -0.3 is 5.32 Å². The molecule has 0 aliphatic carbocycles. The van der Waals surface area contributed by atoms with Gasteiger partial charge in [-0.05, 0) is 42.7 Å². The number of hydrogen-bond donors (Lipinski definition) is 1. The minimum absolute atomic E-state index is 0.135. The van der Waals surface area contributed by atoms with Gasteiger partial charge in [0.2, 0.25) is 5.91 Å². The van der Waals surface area contributed by atoms with E-state index in [2.05, 4.69) is 25.5 Å². The minimum Gasteiger partial charge on any atom is -0.324 e. The Labute approximate surface area is 182 Å². The van der Waals surface area contributed by atoms with Crippen LogP contribution in [0.2, 0.25) is 0 Å². The molecule has 0 fully saturated rings. The molecule has 0 aliphatic rings. The monoisotopic (exact) mass is 434 g/mol. The van der Waals surface area contributed by atoms with E-state index in [4.69, 9.17) is 0 Å². The van der Waals surface area contributed by atoms with Crippen LogP contribution in [0, 0.1) is 0 Å². The molecule has 150 valence electrons. The fourth-order valence-corrected chi connectivity index (χ4v) is 3.87. The Balaban J connectivity index is 1.54. The van der Waals surface area contributed by atoms with Crippen molar-refractivity contribution in [3.63, 3.8) is 0 Å². The Kier molecular flexibility index (Phi) is 6.41. The number of benzene rings is 1. The smallest absolute Gasteiger partial charge is 0.234 e. The molecule has 4 aromatic rings. The maximum absolute atomic E-state index is 12.4. The molecule has 0 spiro atoms. The van der Waals surface area contributed by atoms with Gasteiger partial charge in [-0.1, -0.05) is 30.0 Å². The van der Waals surface area contributed by atoms with Gasteiger partial charge in [0.15, 0.2) is 11.0 Å². The highest BCUT2D eigenvalue weighted by atomic mass is 32.2. The Morgan fingerprint density at radius 3 is 2.60 bits per heavy atom. The highest BCUT2D eigenvalue weighted by molar-refractivity contribution is 7.99. The summed E-state index contributed by atoms with van der Waals surface area (Å²) in [6, 6.07) is 17.3. The van der Waals surface area contributed by atoms with Crippen molar-refractivity contribution in [2.24, 2.45) is 0 Å². The first-order chi connectivity index (χ1) is 14.7. The number of hydrogen-bond acceptors (Lipinski definition) is 7. The first kappa shape index (κ1) is 20.1. The van der Waals surface area contributed by atoms with Crippen LogP contribution in [-0.4, -0.2) is 42.6 Å². The second-order valence-corrected chi connectivity index (χ2v) is 7.91. The highest BCUT2D eigenvalue weighted by Gasteiger charge is 2.17. The molecule has 1 amide bonds. The molecule has 0 aliphatic heterocycles. The zero-order chi connectivity index (χ0) is 20.8. The normalized spacial score (nSPS) is 10.7. The zero-order valence-corrected chi connectivity index (χ0v) is 17.7. The van der Waals surface area contributed by atoms with E-state index in [-0.39, 0.29) is 11.7 Å². The van der Waals surface area contributed by atoms with Gasteiger partial charge in [0.25, 0.3) is 0 Å². The molecule has 0 bridgehead atoms. The number of nitrogens with zero attached hydrogens (tertiary/aromatic N) is 5. The van der Waals surface area contributed by atoms with Gasteiger partial charge in [0.05, 0.1) is 22.7 Å². The van der Waals surface area contributed by atoms with E-state index in [1.807, 2.05) is 65.4 Å². The first-order valence-electron chi connectivity index (χ1n) is 9.08. The van der Waals surface area contributed by atoms with Gasteiger partial charge in [0, 0.05) is 23.6 Å². The molecule has 7 nitrogen and oxygen atoms in total. The van der Waals surface area contributed by atoms with Crippen molar-refractivity contribution >= 4 is 35.1 Å². The number of carbonyl (C=O) groups is 1. The minimum atomic E-state index is -0.135. The third kappa shape index (κ3) is 4.69. The fourth-order valence-electron chi connectivity index (χ4n) is 2.76. The summed E-state index contributed by atoms with van der Waals surface area (Å²) >= 11 is 2.88. The molecular formula is C21H18N6OS2. The quantitative estimate of drug-likeness (QED) is 0.437. The highest BCUT2D eigenvalue weighted by Crippen LogP contribution is 2.27. The van der Waals surface area contributed by atoms with Crippen molar-refractivity contribution in [1.29, 1.82) is 0 Å². The topological polar surface area (TPSA) is 85.6 Å². The van der Waals surface area contributed by atoms with Crippen LogP contribution >= 0.6 is 23.5 Å². The van der Waals surface area contributed by atoms with Crippen LogP contribution in [0.5, 0.6) is 0 Å². The van der Waals surface area contributed by atoms with E-state index >= 15 is 0 Å². The Morgan fingerprint density at radius 2 is 1.90 bits per heavy atom. The standard InChI is InChI=1S/C21H18N6OS2/c1-29-19-10-9-16(13-23-19)24-18(28)14-30-21-26-25-20(15-6-5-11-22-12-15)27(21)17-7-3-2-4-8-17/h2-13H,14H2,1H3,(H,24,28). The van der Waals surface area contributed by atoms with Crippen molar-refractivity contribution < 1.29 is 4.79 Å². The summed E-state index contributed by atoms with van der Waals surface area (Å²) in [4.78, 5) is 20.9. The summed E-state index contributed by atoms with van der Waals surface area (Å²) in [6.07, 6.45) is 7.07. The zero-order valence-electron chi connectivity index (χ0n) is 16.1. The molecule has 9 heteroatoms. The van der Waals surface area contributed by atoms with E-state index in [1.165, 1.54) is 11.8 Å². The number of thioether (sulfide) groups is 2. The van der Waals surface area contributed by atoms with Crippen LogP contribution in [0.15, 0.2) is 83.4 Å². The van der Waals surface area contributed by atoms with Gasteiger partial charge >= 0.3 is 0 Å². The summed E-state index contributed by atoms with van der Waals surface area (Å²) in [5, 5.41) is 13.1. The molecule has 0 saturated heterocycles. The molecular weight excluding hydrogens is 416 g/mol. The average molecular weight is 435 g/mol. The molecule has 0 saturated carbocycles. The predicted molar refractivity (Wildman–Crippen MR) is 120 cm³/mol. The van der Waals surface area contributed by atoms with Gasteiger partial charge in [0.1, 0.15) is 0 Å². The third-order valence-electron chi connectivity index (χ3n) is 4.13. The maximum atomic E-state index is 12.4. The van der Waals surface area contributed by atoms with E-state index < -0.39 is 0 Å². The van der Waals surface area contributed by atoms with Crippen LogP contribution in [-0.2, 0) is 4.79 Å². The van der Waals surface area contributed by atoms with Gasteiger partial charge in [-0.15, -0.1) is 22.0 Å². The first-order valence-corrected chi connectivity index (χ1v) is 11.3.